The summed E-state index contributed by atoms with van der Waals surface area (Å²) in [5, 5.41) is -0.428. The van der Waals surface area contributed by atoms with Gasteiger partial charge in [-0.05, 0) is 13.0 Å². The van der Waals surface area contributed by atoms with Crippen molar-refractivity contribution < 1.29 is 27.5 Å². The molecule has 0 aliphatic carbocycles. The van der Waals surface area contributed by atoms with Crippen molar-refractivity contribution in [1.82, 2.24) is 9.88 Å². The van der Waals surface area contributed by atoms with Crippen LogP contribution in [0.4, 0.5) is 13.2 Å². The average molecular weight is 339 g/mol. The lowest BCUT2D eigenvalue weighted by molar-refractivity contribution is -0.150. The van der Waals surface area contributed by atoms with Crippen LogP contribution < -0.4 is 0 Å². The highest BCUT2D eigenvalue weighted by atomic mass is 35.5. The van der Waals surface area contributed by atoms with Gasteiger partial charge in [-0.1, -0.05) is 11.6 Å². The molecule has 122 valence electrons. The molecule has 0 unspecified atom stereocenters. The molecule has 1 rings (SSSR count). The molecule has 1 aromatic rings. The van der Waals surface area contributed by atoms with Crippen molar-refractivity contribution in [2.75, 3.05) is 20.7 Å². The summed E-state index contributed by atoms with van der Waals surface area (Å²) in [6, 6.07) is 0.624. The summed E-state index contributed by atoms with van der Waals surface area (Å²) in [5.74, 6) is -3.12. The molecule has 0 aliphatic rings. The molecule has 0 aromatic carbocycles. The minimum absolute atomic E-state index is 0.00823. The molecule has 0 spiro atoms. The Morgan fingerprint density at radius 3 is 2.41 bits per heavy atom. The minimum atomic E-state index is -4.62. The average Bonchev–Trinajstić information content (AvgIpc) is 2.39. The van der Waals surface area contributed by atoms with Gasteiger partial charge >= 0.3 is 12.1 Å². The summed E-state index contributed by atoms with van der Waals surface area (Å²) in [4.78, 5) is 28.7. The number of carbonyl (C=O) groups is 2. The van der Waals surface area contributed by atoms with Gasteiger partial charge in [-0.15, -0.1) is 0 Å². The standard InChI is InChI=1S/C13H14ClF3N2O3/c1-4-22-12(21)9(11(20)19(2)3)10-8(14)5-7(6-18-10)13(15,16)17/h5-6,9H,4H2,1-3H3/t9-/m0/s1. The van der Waals surface area contributed by atoms with E-state index in [2.05, 4.69) is 4.98 Å². The molecule has 0 saturated heterocycles. The third-order valence-corrected chi connectivity index (χ3v) is 2.98. The van der Waals surface area contributed by atoms with Crippen molar-refractivity contribution in [2.24, 2.45) is 0 Å². The van der Waals surface area contributed by atoms with Crippen LogP contribution in [0.5, 0.6) is 0 Å². The lowest BCUT2D eigenvalue weighted by Crippen LogP contribution is -2.34. The van der Waals surface area contributed by atoms with E-state index < -0.39 is 34.6 Å². The number of ether oxygens (including phenoxy) is 1. The number of pyridine rings is 1. The molecule has 22 heavy (non-hydrogen) atoms. The van der Waals surface area contributed by atoms with Gasteiger partial charge in [0.15, 0.2) is 5.92 Å². The van der Waals surface area contributed by atoms with Crippen molar-refractivity contribution in [2.45, 2.75) is 19.0 Å². The number of amides is 1. The van der Waals surface area contributed by atoms with Crippen LogP contribution in [0.25, 0.3) is 0 Å². The predicted molar refractivity (Wildman–Crippen MR) is 72.3 cm³/mol. The number of alkyl halides is 3. The molecule has 1 aromatic heterocycles. The van der Waals surface area contributed by atoms with Crippen LogP contribution in [0.2, 0.25) is 5.02 Å². The Morgan fingerprint density at radius 1 is 1.41 bits per heavy atom. The van der Waals surface area contributed by atoms with Gasteiger partial charge < -0.3 is 9.64 Å². The summed E-state index contributed by atoms with van der Waals surface area (Å²) >= 11 is 5.78. The van der Waals surface area contributed by atoms with E-state index in [4.69, 9.17) is 16.3 Å². The maximum atomic E-state index is 12.6. The van der Waals surface area contributed by atoms with Crippen LogP contribution in [0.15, 0.2) is 12.3 Å². The molecule has 0 bridgehead atoms. The van der Waals surface area contributed by atoms with Crippen molar-refractivity contribution in [3.63, 3.8) is 0 Å². The number of carbonyl (C=O) groups excluding carboxylic acids is 2. The zero-order valence-corrected chi connectivity index (χ0v) is 12.8. The highest BCUT2D eigenvalue weighted by Gasteiger charge is 2.37. The normalized spacial score (nSPS) is 12.7. The fourth-order valence-electron chi connectivity index (χ4n) is 1.63. The summed E-state index contributed by atoms with van der Waals surface area (Å²) in [6.45, 7) is 1.55. The molecule has 0 fully saturated rings. The second-order valence-corrected chi connectivity index (χ2v) is 4.91. The topological polar surface area (TPSA) is 59.5 Å². The smallest absolute Gasteiger partial charge is 0.417 e. The molecular weight excluding hydrogens is 325 g/mol. The Kier molecular flexibility index (Phi) is 5.76. The number of rotatable bonds is 4. The fraction of sp³-hybridized carbons (Fsp3) is 0.462. The van der Waals surface area contributed by atoms with E-state index in [0.717, 1.165) is 4.90 Å². The van der Waals surface area contributed by atoms with Crippen molar-refractivity contribution >= 4 is 23.5 Å². The van der Waals surface area contributed by atoms with Gasteiger partial charge in [-0.25, -0.2) is 0 Å². The number of esters is 1. The Morgan fingerprint density at radius 2 is 2.00 bits per heavy atom. The molecule has 9 heteroatoms. The number of nitrogens with zero attached hydrogens (tertiary/aromatic N) is 2. The van der Waals surface area contributed by atoms with E-state index in [1.165, 1.54) is 21.0 Å². The van der Waals surface area contributed by atoms with Gasteiger partial charge in [0.25, 0.3) is 0 Å². The number of halogens is 4. The zero-order valence-electron chi connectivity index (χ0n) is 12.1. The molecule has 5 nitrogen and oxygen atoms in total. The lowest BCUT2D eigenvalue weighted by atomic mass is 10.0. The third-order valence-electron chi connectivity index (χ3n) is 2.68. The molecule has 1 heterocycles. The van der Waals surface area contributed by atoms with Crippen LogP contribution >= 0.6 is 11.6 Å². The molecule has 1 atom stereocenters. The van der Waals surface area contributed by atoms with E-state index in [9.17, 15) is 22.8 Å². The van der Waals surface area contributed by atoms with Crippen LogP contribution in [-0.2, 0) is 20.5 Å². The monoisotopic (exact) mass is 338 g/mol. The molecule has 0 radical (unpaired) electrons. The SMILES string of the molecule is CCOC(=O)[C@H](C(=O)N(C)C)c1ncc(C(F)(F)F)cc1Cl. The quantitative estimate of drug-likeness (QED) is 0.625. The van der Waals surface area contributed by atoms with Crippen LogP contribution in [0.3, 0.4) is 0 Å². The Labute approximate surface area is 130 Å². The largest absolute Gasteiger partial charge is 0.465 e. The first-order valence-corrected chi connectivity index (χ1v) is 6.57. The first-order valence-electron chi connectivity index (χ1n) is 6.20. The summed E-state index contributed by atoms with van der Waals surface area (Å²) in [7, 11) is 2.79. The van der Waals surface area contributed by atoms with E-state index in [1.807, 2.05) is 0 Å². The van der Waals surface area contributed by atoms with Gasteiger partial charge in [-0.3, -0.25) is 14.6 Å². The highest BCUT2D eigenvalue weighted by Crippen LogP contribution is 2.33. The van der Waals surface area contributed by atoms with Crippen LogP contribution in [0, 0.1) is 0 Å². The van der Waals surface area contributed by atoms with Crippen LogP contribution in [-0.4, -0.2) is 42.5 Å². The Balaban J connectivity index is 3.31. The Hall–Kier alpha value is -1.83. The van der Waals surface area contributed by atoms with Gasteiger partial charge in [0, 0.05) is 20.3 Å². The maximum Gasteiger partial charge on any atom is 0.417 e. The van der Waals surface area contributed by atoms with Crippen molar-refractivity contribution in [3.05, 3.63) is 28.5 Å². The zero-order chi connectivity index (χ0) is 17.1. The molecule has 0 saturated carbocycles. The van der Waals surface area contributed by atoms with Gasteiger partial charge in [0.1, 0.15) is 0 Å². The Bertz CT molecular complexity index is 576. The van der Waals surface area contributed by atoms with E-state index in [0.29, 0.717) is 12.3 Å². The summed E-state index contributed by atoms with van der Waals surface area (Å²) in [5.41, 5.74) is -1.34. The molecule has 0 aliphatic heterocycles. The number of hydrogen-bond donors (Lipinski definition) is 0. The van der Waals surface area contributed by atoms with E-state index in [1.54, 1.807) is 0 Å². The molecular formula is C13H14ClF3N2O3. The number of aromatic nitrogens is 1. The predicted octanol–water partition coefficient (Wildman–Crippen LogP) is 2.49. The van der Waals surface area contributed by atoms with Gasteiger partial charge in [0.05, 0.1) is 22.9 Å². The first kappa shape index (κ1) is 18.2. The third kappa shape index (κ3) is 4.09. The minimum Gasteiger partial charge on any atom is -0.465 e. The lowest BCUT2D eigenvalue weighted by Gasteiger charge is -2.20. The number of hydrogen-bond acceptors (Lipinski definition) is 4. The van der Waals surface area contributed by atoms with Gasteiger partial charge in [0.2, 0.25) is 5.91 Å². The fourth-order valence-corrected chi connectivity index (χ4v) is 1.90. The van der Waals surface area contributed by atoms with E-state index >= 15 is 0 Å². The summed E-state index contributed by atoms with van der Waals surface area (Å²) < 4.78 is 42.6. The maximum absolute atomic E-state index is 12.6. The number of likely N-dealkylation sites (N-methyl/N-ethyl adjacent to an activating group) is 1. The first-order chi connectivity index (χ1) is 10.1. The molecule has 0 N–H and O–H groups in total. The highest BCUT2D eigenvalue weighted by molar-refractivity contribution is 6.32. The van der Waals surface area contributed by atoms with E-state index in [-0.39, 0.29) is 12.3 Å². The van der Waals surface area contributed by atoms with Crippen molar-refractivity contribution in [1.29, 1.82) is 0 Å². The van der Waals surface area contributed by atoms with Gasteiger partial charge in [-0.2, -0.15) is 13.2 Å². The van der Waals surface area contributed by atoms with Crippen LogP contribution in [0.1, 0.15) is 24.1 Å². The van der Waals surface area contributed by atoms with Crippen molar-refractivity contribution in [3.8, 4) is 0 Å². The second-order valence-electron chi connectivity index (χ2n) is 4.51. The second kappa shape index (κ2) is 6.95. The molecule has 1 amide bonds. The summed E-state index contributed by atoms with van der Waals surface area (Å²) in [6.07, 6.45) is -4.10.